The van der Waals surface area contributed by atoms with Crippen LogP contribution in [0, 0.1) is 5.92 Å². The van der Waals surface area contributed by atoms with Crippen molar-refractivity contribution < 1.29 is 23.1 Å². The van der Waals surface area contributed by atoms with E-state index in [4.69, 9.17) is 10.8 Å². The van der Waals surface area contributed by atoms with Crippen molar-refractivity contribution in [2.75, 3.05) is 19.7 Å². The fraction of sp³-hybridized carbons (Fsp3) is 0.900. The van der Waals surface area contributed by atoms with E-state index in [1.165, 1.54) is 0 Å². The lowest BCUT2D eigenvalue weighted by molar-refractivity contribution is -0.163. The maximum Gasteiger partial charge on any atom is 0.406 e. The average molecular weight is 256 g/mol. The third-order valence-electron chi connectivity index (χ3n) is 2.09. The Bertz CT molecular complexity index is 244. The third kappa shape index (κ3) is 7.17. The number of nitrogens with two attached hydrogens (primary N) is 1. The van der Waals surface area contributed by atoms with Crippen LogP contribution in [0.5, 0.6) is 0 Å². The number of hydrogen-bond acceptors (Lipinski definition) is 3. The summed E-state index contributed by atoms with van der Waals surface area (Å²) >= 11 is 0. The van der Waals surface area contributed by atoms with E-state index in [2.05, 4.69) is 0 Å². The number of halogens is 3. The van der Waals surface area contributed by atoms with Crippen LogP contribution in [0.1, 0.15) is 20.3 Å². The van der Waals surface area contributed by atoms with Gasteiger partial charge in [-0.15, -0.1) is 0 Å². The molecular weight excluding hydrogens is 237 g/mol. The third-order valence-corrected chi connectivity index (χ3v) is 2.09. The molecule has 0 aromatic carbocycles. The summed E-state index contributed by atoms with van der Waals surface area (Å²) in [6.45, 7) is 1.40. The Morgan fingerprint density at radius 1 is 1.41 bits per heavy atom. The number of carbonyl (C=O) groups excluding carboxylic acids is 1. The zero-order chi connectivity index (χ0) is 13.6. The van der Waals surface area contributed by atoms with Crippen LogP contribution >= 0.6 is 0 Å². The summed E-state index contributed by atoms with van der Waals surface area (Å²) in [6.07, 6.45) is -4.17. The summed E-state index contributed by atoms with van der Waals surface area (Å²) in [5.74, 6) is -0.652. The van der Waals surface area contributed by atoms with Crippen LogP contribution in [0.3, 0.4) is 0 Å². The lowest BCUT2D eigenvalue weighted by Crippen LogP contribution is -2.48. The minimum atomic E-state index is -4.48. The first-order chi connectivity index (χ1) is 7.67. The molecule has 0 aromatic heterocycles. The molecule has 7 heteroatoms. The Hall–Kier alpha value is -0.820. The van der Waals surface area contributed by atoms with Gasteiger partial charge in [0, 0.05) is 6.54 Å². The van der Waals surface area contributed by atoms with E-state index < -0.39 is 31.3 Å². The topological polar surface area (TPSA) is 66.6 Å². The smallest absolute Gasteiger partial charge is 0.395 e. The monoisotopic (exact) mass is 256 g/mol. The average Bonchev–Trinajstić information content (AvgIpc) is 2.12. The standard InChI is InChI=1S/C10H19F3N2O2/c1-7(2)5-8(14)9(17)15(3-4-16)6-10(11,12)13/h7-8,16H,3-6,14H2,1-2H3/t8-/m0/s1. The van der Waals surface area contributed by atoms with Gasteiger partial charge in [-0.25, -0.2) is 0 Å². The molecule has 0 aliphatic rings. The van der Waals surface area contributed by atoms with Gasteiger partial charge in [0.25, 0.3) is 0 Å². The van der Waals surface area contributed by atoms with Gasteiger partial charge in [-0.3, -0.25) is 4.79 Å². The van der Waals surface area contributed by atoms with Crippen molar-refractivity contribution >= 4 is 5.91 Å². The fourth-order valence-corrected chi connectivity index (χ4v) is 1.45. The normalized spacial score (nSPS) is 13.9. The number of aliphatic hydroxyl groups excluding tert-OH is 1. The predicted molar refractivity (Wildman–Crippen MR) is 57.2 cm³/mol. The number of aliphatic hydroxyl groups is 1. The van der Waals surface area contributed by atoms with Crippen molar-refractivity contribution in [2.45, 2.75) is 32.5 Å². The molecular formula is C10H19F3N2O2. The first-order valence-corrected chi connectivity index (χ1v) is 5.39. The van der Waals surface area contributed by atoms with E-state index >= 15 is 0 Å². The molecule has 0 bridgehead atoms. The van der Waals surface area contributed by atoms with Crippen LogP contribution in [0.4, 0.5) is 13.2 Å². The molecule has 1 amide bonds. The molecule has 0 unspecified atom stereocenters. The maximum atomic E-state index is 12.2. The lowest BCUT2D eigenvalue weighted by atomic mass is 10.0. The first kappa shape index (κ1) is 16.2. The minimum absolute atomic E-state index is 0.121. The summed E-state index contributed by atoms with van der Waals surface area (Å²) in [5, 5.41) is 8.64. The molecule has 0 saturated carbocycles. The molecule has 4 nitrogen and oxygen atoms in total. The highest BCUT2D eigenvalue weighted by molar-refractivity contribution is 5.81. The number of rotatable bonds is 6. The van der Waals surface area contributed by atoms with Crippen molar-refractivity contribution in [3.63, 3.8) is 0 Å². The van der Waals surface area contributed by atoms with E-state index in [-0.39, 0.29) is 12.5 Å². The van der Waals surface area contributed by atoms with Gasteiger partial charge >= 0.3 is 6.18 Å². The van der Waals surface area contributed by atoms with E-state index in [9.17, 15) is 18.0 Å². The molecule has 0 fully saturated rings. The molecule has 0 rings (SSSR count). The van der Waals surface area contributed by atoms with Gasteiger partial charge in [0.1, 0.15) is 6.54 Å². The SMILES string of the molecule is CC(C)C[C@H](N)C(=O)N(CCO)CC(F)(F)F. The van der Waals surface area contributed by atoms with Crippen LogP contribution in [-0.2, 0) is 4.79 Å². The minimum Gasteiger partial charge on any atom is -0.395 e. The van der Waals surface area contributed by atoms with Gasteiger partial charge in [0.05, 0.1) is 12.6 Å². The van der Waals surface area contributed by atoms with Gasteiger partial charge in [-0.05, 0) is 12.3 Å². The van der Waals surface area contributed by atoms with E-state index in [1.54, 1.807) is 0 Å². The van der Waals surface area contributed by atoms with Gasteiger partial charge in [0.15, 0.2) is 0 Å². The van der Waals surface area contributed by atoms with Crippen LogP contribution in [0.25, 0.3) is 0 Å². The van der Waals surface area contributed by atoms with E-state index in [0.29, 0.717) is 11.3 Å². The molecule has 0 aromatic rings. The van der Waals surface area contributed by atoms with Gasteiger partial charge in [0.2, 0.25) is 5.91 Å². The molecule has 0 radical (unpaired) electrons. The molecule has 0 aliphatic carbocycles. The number of nitrogens with zero attached hydrogens (tertiary/aromatic N) is 1. The highest BCUT2D eigenvalue weighted by Gasteiger charge is 2.34. The Balaban J connectivity index is 4.53. The van der Waals surface area contributed by atoms with Crippen molar-refractivity contribution in [1.82, 2.24) is 4.90 Å². The summed E-state index contributed by atoms with van der Waals surface area (Å²) in [5.41, 5.74) is 5.53. The van der Waals surface area contributed by atoms with Crippen LogP contribution < -0.4 is 5.73 Å². The summed E-state index contributed by atoms with van der Waals surface area (Å²) in [6, 6.07) is -0.955. The number of carbonyl (C=O) groups is 1. The number of amides is 1. The second-order valence-electron chi connectivity index (χ2n) is 4.33. The second kappa shape index (κ2) is 6.80. The second-order valence-corrected chi connectivity index (χ2v) is 4.33. The van der Waals surface area contributed by atoms with Crippen LogP contribution in [0.15, 0.2) is 0 Å². The molecule has 17 heavy (non-hydrogen) atoms. The summed E-state index contributed by atoms with van der Waals surface area (Å²) in [7, 11) is 0. The zero-order valence-electron chi connectivity index (χ0n) is 10.00. The Morgan fingerprint density at radius 3 is 2.29 bits per heavy atom. The van der Waals surface area contributed by atoms with Crippen molar-refractivity contribution in [1.29, 1.82) is 0 Å². The molecule has 102 valence electrons. The molecule has 0 aliphatic heterocycles. The highest BCUT2D eigenvalue weighted by atomic mass is 19.4. The van der Waals surface area contributed by atoms with Crippen molar-refractivity contribution in [2.24, 2.45) is 11.7 Å². The van der Waals surface area contributed by atoms with E-state index in [1.807, 2.05) is 13.8 Å². The fourth-order valence-electron chi connectivity index (χ4n) is 1.45. The molecule has 3 N–H and O–H groups in total. The summed E-state index contributed by atoms with van der Waals surface area (Å²) < 4.78 is 36.6. The highest BCUT2D eigenvalue weighted by Crippen LogP contribution is 2.17. The molecule has 0 heterocycles. The van der Waals surface area contributed by atoms with Gasteiger partial charge < -0.3 is 15.7 Å². The number of alkyl halides is 3. The molecule has 0 saturated heterocycles. The number of hydrogen-bond donors (Lipinski definition) is 2. The maximum absolute atomic E-state index is 12.2. The lowest BCUT2D eigenvalue weighted by Gasteiger charge is -2.26. The molecule has 0 spiro atoms. The largest absolute Gasteiger partial charge is 0.406 e. The predicted octanol–water partition coefficient (Wildman–Crippen LogP) is 0.743. The quantitative estimate of drug-likeness (QED) is 0.736. The van der Waals surface area contributed by atoms with E-state index in [0.717, 1.165) is 0 Å². The van der Waals surface area contributed by atoms with Gasteiger partial charge in [-0.1, -0.05) is 13.8 Å². The van der Waals surface area contributed by atoms with Crippen LogP contribution in [-0.4, -0.2) is 47.8 Å². The van der Waals surface area contributed by atoms with Gasteiger partial charge in [-0.2, -0.15) is 13.2 Å². The summed E-state index contributed by atoms with van der Waals surface area (Å²) in [4.78, 5) is 12.2. The zero-order valence-corrected chi connectivity index (χ0v) is 10.00. The van der Waals surface area contributed by atoms with Crippen molar-refractivity contribution in [3.05, 3.63) is 0 Å². The van der Waals surface area contributed by atoms with Crippen molar-refractivity contribution in [3.8, 4) is 0 Å². The molecule has 1 atom stereocenters. The Labute approximate surface area is 98.6 Å². The first-order valence-electron chi connectivity index (χ1n) is 5.39. The Kier molecular flexibility index (Phi) is 6.48. The Morgan fingerprint density at radius 2 is 1.94 bits per heavy atom. The van der Waals surface area contributed by atoms with Crippen LogP contribution in [0.2, 0.25) is 0 Å².